The normalized spacial score (nSPS) is 16.1. The van der Waals surface area contributed by atoms with E-state index in [1.807, 2.05) is 34.9 Å². The number of benzene rings is 2. The Hall–Kier alpha value is -2.99. The molecule has 1 aliphatic rings. The van der Waals surface area contributed by atoms with E-state index in [0.29, 0.717) is 36.3 Å². The van der Waals surface area contributed by atoms with Crippen molar-refractivity contribution in [1.82, 2.24) is 9.88 Å². The van der Waals surface area contributed by atoms with Crippen LogP contribution in [-0.2, 0) is 0 Å². The van der Waals surface area contributed by atoms with E-state index >= 15 is 0 Å². The van der Waals surface area contributed by atoms with Gasteiger partial charge in [-0.3, -0.25) is 4.79 Å². The summed E-state index contributed by atoms with van der Waals surface area (Å²) in [4.78, 5) is 12.5. The molecule has 3 aromatic rings. The number of halogens is 2. The quantitative estimate of drug-likeness (QED) is 0.738. The van der Waals surface area contributed by atoms with Crippen LogP contribution in [0, 0.1) is 11.6 Å². The fourth-order valence-corrected chi connectivity index (χ4v) is 3.67. The van der Waals surface area contributed by atoms with Crippen molar-refractivity contribution in [2.45, 2.75) is 12.5 Å². The predicted octanol–water partition coefficient (Wildman–Crippen LogP) is 3.73. The van der Waals surface area contributed by atoms with Crippen LogP contribution in [-0.4, -0.2) is 23.6 Å². The van der Waals surface area contributed by atoms with Crippen molar-refractivity contribution in [3.05, 3.63) is 71.9 Å². The first-order chi connectivity index (χ1) is 13.1. The molecule has 0 bridgehead atoms. The maximum Gasteiger partial charge on any atom is 0.268 e. The number of hydrogen-bond donors (Lipinski definition) is 2. The van der Waals surface area contributed by atoms with Crippen LogP contribution in [0.1, 0.15) is 23.0 Å². The zero-order valence-electron chi connectivity index (χ0n) is 14.6. The Balaban J connectivity index is 2.00. The Kier molecular flexibility index (Phi) is 4.49. The van der Waals surface area contributed by atoms with Gasteiger partial charge >= 0.3 is 0 Å². The molecule has 2 heterocycles. The van der Waals surface area contributed by atoms with Gasteiger partial charge < -0.3 is 15.6 Å². The molecule has 0 spiro atoms. The van der Waals surface area contributed by atoms with E-state index in [1.54, 1.807) is 6.07 Å². The molecule has 2 aromatic carbocycles. The Labute approximate surface area is 155 Å². The predicted molar refractivity (Wildman–Crippen MR) is 100 cm³/mol. The van der Waals surface area contributed by atoms with Crippen molar-refractivity contribution in [2.75, 3.05) is 13.1 Å². The Bertz CT molecular complexity index is 998. The molecule has 0 radical (unpaired) electrons. The van der Waals surface area contributed by atoms with Crippen molar-refractivity contribution in [2.24, 2.45) is 5.73 Å². The van der Waals surface area contributed by atoms with Gasteiger partial charge in [-0.25, -0.2) is 8.78 Å². The second-order valence-electron chi connectivity index (χ2n) is 6.60. The largest absolute Gasteiger partial charge is 0.349 e. The zero-order valence-corrected chi connectivity index (χ0v) is 14.6. The van der Waals surface area contributed by atoms with Gasteiger partial charge in [0.2, 0.25) is 0 Å². The van der Waals surface area contributed by atoms with Crippen LogP contribution in [0.15, 0.2) is 54.6 Å². The van der Waals surface area contributed by atoms with Gasteiger partial charge in [0, 0.05) is 12.1 Å². The van der Waals surface area contributed by atoms with Gasteiger partial charge in [-0.05, 0) is 42.3 Å². The van der Waals surface area contributed by atoms with Gasteiger partial charge in [-0.1, -0.05) is 36.4 Å². The smallest absolute Gasteiger partial charge is 0.268 e. The summed E-state index contributed by atoms with van der Waals surface area (Å²) in [6, 6.07) is 15.1. The molecule has 138 valence electrons. The molecule has 1 aliphatic heterocycles. The van der Waals surface area contributed by atoms with Crippen LogP contribution < -0.4 is 11.1 Å². The standard InChI is InChI=1S/C21H19F2N3O/c22-17-7-6-14(10-18(17)23)16-11-19-21(27)25-12-15(8-9-24)26(19)20(16)13-4-2-1-3-5-13/h1-7,10-11,15H,8-9,12,24H2,(H,25,27). The molecule has 1 aromatic heterocycles. The van der Waals surface area contributed by atoms with Crippen LogP contribution in [0.4, 0.5) is 8.78 Å². The third kappa shape index (κ3) is 3.02. The molecule has 1 unspecified atom stereocenters. The molecule has 6 heteroatoms. The van der Waals surface area contributed by atoms with Gasteiger partial charge in [0.05, 0.1) is 11.7 Å². The van der Waals surface area contributed by atoms with Crippen LogP contribution in [0.25, 0.3) is 22.4 Å². The summed E-state index contributed by atoms with van der Waals surface area (Å²) in [5, 5.41) is 2.89. The van der Waals surface area contributed by atoms with E-state index in [9.17, 15) is 13.6 Å². The maximum atomic E-state index is 13.9. The summed E-state index contributed by atoms with van der Waals surface area (Å²) in [7, 11) is 0. The van der Waals surface area contributed by atoms with Gasteiger partial charge in [-0.15, -0.1) is 0 Å². The fraction of sp³-hybridized carbons (Fsp3) is 0.190. The van der Waals surface area contributed by atoms with Crippen molar-refractivity contribution in [3.8, 4) is 22.4 Å². The van der Waals surface area contributed by atoms with Gasteiger partial charge in [0.25, 0.3) is 5.91 Å². The van der Waals surface area contributed by atoms with Crippen LogP contribution in [0.2, 0.25) is 0 Å². The van der Waals surface area contributed by atoms with Gasteiger partial charge in [-0.2, -0.15) is 0 Å². The lowest BCUT2D eigenvalue weighted by Crippen LogP contribution is -2.39. The van der Waals surface area contributed by atoms with E-state index in [1.165, 1.54) is 12.1 Å². The molecular weight excluding hydrogens is 348 g/mol. The van der Waals surface area contributed by atoms with Crippen molar-refractivity contribution in [1.29, 1.82) is 0 Å². The van der Waals surface area contributed by atoms with E-state index in [4.69, 9.17) is 5.73 Å². The highest BCUT2D eigenvalue weighted by molar-refractivity contribution is 5.98. The van der Waals surface area contributed by atoms with Crippen LogP contribution >= 0.6 is 0 Å². The average Bonchev–Trinajstić information content (AvgIpc) is 3.09. The fourth-order valence-electron chi connectivity index (χ4n) is 3.67. The summed E-state index contributed by atoms with van der Waals surface area (Å²) in [6.45, 7) is 0.960. The number of nitrogens with zero attached hydrogens (tertiary/aromatic N) is 1. The van der Waals surface area contributed by atoms with E-state index in [-0.39, 0.29) is 11.9 Å². The monoisotopic (exact) mass is 367 g/mol. The highest BCUT2D eigenvalue weighted by Gasteiger charge is 2.30. The number of rotatable bonds is 4. The number of carbonyl (C=O) groups excluding carboxylic acids is 1. The van der Waals surface area contributed by atoms with Crippen molar-refractivity contribution < 1.29 is 13.6 Å². The summed E-state index contributed by atoms with van der Waals surface area (Å²) >= 11 is 0. The Morgan fingerprint density at radius 2 is 1.81 bits per heavy atom. The molecule has 0 saturated heterocycles. The van der Waals surface area contributed by atoms with Gasteiger partial charge in [0.1, 0.15) is 5.69 Å². The number of hydrogen-bond acceptors (Lipinski definition) is 2. The van der Waals surface area contributed by atoms with Crippen LogP contribution in [0.5, 0.6) is 0 Å². The summed E-state index contributed by atoms with van der Waals surface area (Å²) in [6.07, 6.45) is 0.693. The minimum absolute atomic E-state index is 0.00282. The molecule has 1 amide bonds. The van der Waals surface area contributed by atoms with E-state index in [2.05, 4.69) is 5.32 Å². The maximum absolute atomic E-state index is 13.9. The number of nitrogens with two attached hydrogens (primary N) is 1. The number of nitrogens with one attached hydrogen (secondary N) is 1. The number of carbonyl (C=O) groups is 1. The third-order valence-electron chi connectivity index (χ3n) is 4.91. The lowest BCUT2D eigenvalue weighted by Gasteiger charge is -2.28. The van der Waals surface area contributed by atoms with Crippen LogP contribution in [0.3, 0.4) is 0 Å². The topological polar surface area (TPSA) is 60.0 Å². The number of fused-ring (bicyclic) bond motifs is 1. The SMILES string of the molecule is NCCC1CNC(=O)c2cc(-c3ccc(F)c(F)c3)c(-c3ccccc3)n21. The number of amides is 1. The average molecular weight is 367 g/mol. The molecular formula is C21H19F2N3O. The molecule has 0 aliphatic carbocycles. The number of aromatic nitrogens is 1. The molecule has 4 nitrogen and oxygen atoms in total. The molecule has 1 atom stereocenters. The molecule has 3 N–H and O–H groups in total. The highest BCUT2D eigenvalue weighted by Crippen LogP contribution is 2.39. The Morgan fingerprint density at radius 3 is 2.52 bits per heavy atom. The highest BCUT2D eigenvalue weighted by atomic mass is 19.2. The van der Waals surface area contributed by atoms with Gasteiger partial charge in [0.15, 0.2) is 11.6 Å². The summed E-state index contributed by atoms with van der Waals surface area (Å²) in [5.41, 5.74) is 9.20. The van der Waals surface area contributed by atoms with E-state index in [0.717, 1.165) is 17.3 Å². The van der Waals surface area contributed by atoms with E-state index < -0.39 is 11.6 Å². The lowest BCUT2D eigenvalue weighted by molar-refractivity contribution is 0.0914. The Morgan fingerprint density at radius 1 is 1.04 bits per heavy atom. The summed E-state index contributed by atoms with van der Waals surface area (Å²) in [5.74, 6) is -2.00. The minimum Gasteiger partial charge on any atom is -0.349 e. The molecule has 27 heavy (non-hydrogen) atoms. The second-order valence-corrected chi connectivity index (χ2v) is 6.60. The molecule has 0 fully saturated rings. The minimum atomic E-state index is -0.918. The molecule has 4 rings (SSSR count). The first-order valence-corrected chi connectivity index (χ1v) is 8.84. The lowest BCUT2D eigenvalue weighted by atomic mass is 10.0. The third-order valence-corrected chi connectivity index (χ3v) is 4.91. The first kappa shape index (κ1) is 17.4. The second kappa shape index (κ2) is 6.96. The zero-order chi connectivity index (χ0) is 19.0. The molecule has 0 saturated carbocycles. The van der Waals surface area contributed by atoms with Crippen molar-refractivity contribution in [3.63, 3.8) is 0 Å². The van der Waals surface area contributed by atoms with Crippen molar-refractivity contribution >= 4 is 5.91 Å². The first-order valence-electron chi connectivity index (χ1n) is 8.84. The summed E-state index contributed by atoms with van der Waals surface area (Å²) < 4.78 is 29.3.